The summed E-state index contributed by atoms with van der Waals surface area (Å²) in [5.74, 6) is 0.612. The number of aromatic nitrogens is 4. The molecule has 0 aliphatic heterocycles. The van der Waals surface area contributed by atoms with Gasteiger partial charge in [0.2, 0.25) is 0 Å². The smallest absolute Gasteiger partial charge is 0.178 e. The van der Waals surface area contributed by atoms with Crippen LogP contribution in [0.4, 0.5) is 0 Å². The summed E-state index contributed by atoms with van der Waals surface area (Å²) in [7, 11) is 2.06. The second-order valence-electron chi connectivity index (χ2n) is 6.72. The van der Waals surface area contributed by atoms with Crippen LogP contribution >= 0.6 is 11.9 Å². The number of benzene rings is 2. The first-order valence-electron chi connectivity index (χ1n) is 9.23. The van der Waals surface area contributed by atoms with Gasteiger partial charge < -0.3 is 14.8 Å². The average molecular weight is 395 g/mol. The van der Waals surface area contributed by atoms with Crippen LogP contribution in [-0.2, 0) is 19.9 Å². The minimum Gasteiger partial charge on any atom is -0.508 e. The molecule has 0 saturated carbocycles. The Morgan fingerprint density at radius 1 is 1.00 bits per heavy atom. The third-order valence-corrected chi connectivity index (χ3v) is 5.89. The van der Waals surface area contributed by atoms with E-state index in [2.05, 4.69) is 53.1 Å². The quantitative estimate of drug-likeness (QED) is 0.520. The lowest BCUT2D eigenvalue weighted by Gasteiger charge is -2.10. The van der Waals surface area contributed by atoms with Crippen molar-refractivity contribution in [2.75, 3.05) is 0 Å². The Kier molecular flexibility index (Phi) is 4.77. The van der Waals surface area contributed by atoms with Gasteiger partial charge in [0.1, 0.15) is 17.8 Å². The monoisotopic (exact) mass is 394 g/mol. The third-order valence-electron chi connectivity index (χ3n) is 4.96. The number of aryl methyl sites for hydroxylation is 3. The number of rotatable bonds is 5. The molecule has 7 heteroatoms. The molecule has 2 N–H and O–H groups in total. The normalized spacial score (nSPS) is 11.4. The molecular formula is C21H22N4O2S. The summed E-state index contributed by atoms with van der Waals surface area (Å²) in [5, 5.41) is 29.8. The van der Waals surface area contributed by atoms with Crippen LogP contribution in [0.25, 0.3) is 22.3 Å². The molecule has 0 unspecified atom stereocenters. The maximum Gasteiger partial charge on any atom is 0.178 e. The molecule has 0 aliphatic carbocycles. The van der Waals surface area contributed by atoms with Gasteiger partial charge in [0.15, 0.2) is 5.82 Å². The standard InChI is InChI=1S/C21H22N4O2S/c1-4-13-8-17(20(27)10-19(13)26)21-23-22-12-25(21)28-15-6-7-18-16(9-15)14(5-2)11-24(18)3/h6-12,26-27H,4-5H2,1-3H3. The minimum atomic E-state index is -0.0173. The first-order chi connectivity index (χ1) is 13.5. The van der Waals surface area contributed by atoms with E-state index in [0.717, 1.165) is 16.9 Å². The van der Waals surface area contributed by atoms with E-state index in [1.165, 1.54) is 34.5 Å². The molecule has 4 aromatic rings. The zero-order chi connectivity index (χ0) is 19.8. The van der Waals surface area contributed by atoms with Crippen LogP contribution in [0.15, 0.2) is 47.8 Å². The molecule has 0 fully saturated rings. The molecule has 0 saturated heterocycles. The minimum absolute atomic E-state index is 0.0173. The maximum absolute atomic E-state index is 10.3. The average Bonchev–Trinajstić information content (AvgIpc) is 3.26. The van der Waals surface area contributed by atoms with E-state index >= 15 is 0 Å². The number of aromatic hydroxyl groups is 2. The van der Waals surface area contributed by atoms with Gasteiger partial charge in [-0.15, -0.1) is 10.2 Å². The van der Waals surface area contributed by atoms with Crippen LogP contribution in [0.5, 0.6) is 11.5 Å². The number of nitrogens with zero attached hydrogens (tertiary/aromatic N) is 4. The molecular weight excluding hydrogens is 372 g/mol. The van der Waals surface area contributed by atoms with E-state index in [-0.39, 0.29) is 11.5 Å². The van der Waals surface area contributed by atoms with Gasteiger partial charge in [0, 0.05) is 35.1 Å². The van der Waals surface area contributed by atoms with Gasteiger partial charge in [-0.25, -0.2) is 3.97 Å². The summed E-state index contributed by atoms with van der Waals surface area (Å²) in [6.45, 7) is 4.11. The molecule has 28 heavy (non-hydrogen) atoms. The molecule has 0 bridgehead atoms. The van der Waals surface area contributed by atoms with Gasteiger partial charge in [-0.3, -0.25) is 0 Å². The van der Waals surface area contributed by atoms with E-state index in [4.69, 9.17) is 0 Å². The molecule has 0 aliphatic rings. The second kappa shape index (κ2) is 7.24. The molecule has 0 atom stereocenters. The lowest BCUT2D eigenvalue weighted by Crippen LogP contribution is -1.93. The van der Waals surface area contributed by atoms with Crippen molar-refractivity contribution in [3.63, 3.8) is 0 Å². The largest absolute Gasteiger partial charge is 0.508 e. The van der Waals surface area contributed by atoms with Crippen LogP contribution in [0.3, 0.4) is 0 Å². The van der Waals surface area contributed by atoms with Gasteiger partial charge in [-0.05, 0) is 60.2 Å². The molecule has 144 valence electrons. The fourth-order valence-electron chi connectivity index (χ4n) is 3.45. The second-order valence-corrected chi connectivity index (χ2v) is 7.77. The summed E-state index contributed by atoms with van der Waals surface area (Å²) < 4.78 is 3.98. The highest BCUT2D eigenvalue weighted by atomic mass is 32.2. The summed E-state index contributed by atoms with van der Waals surface area (Å²) in [6, 6.07) is 9.50. The number of hydrogen-bond donors (Lipinski definition) is 2. The summed E-state index contributed by atoms with van der Waals surface area (Å²) in [6.07, 6.45) is 5.44. The lowest BCUT2D eigenvalue weighted by atomic mass is 10.1. The van der Waals surface area contributed by atoms with E-state index in [0.29, 0.717) is 17.8 Å². The molecule has 2 heterocycles. The van der Waals surface area contributed by atoms with Crippen molar-refractivity contribution in [3.8, 4) is 22.9 Å². The Bertz CT molecular complexity index is 1160. The van der Waals surface area contributed by atoms with E-state index in [9.17, 15) is 10.2 Å². The maximum atomic E-state index is 10.3. The topological polar surface area (TPSA) is 76.1 Å². The first kappa shape index (κ1) is 18.4. The van der Waals surface area contributed by atoms with Crippen molar-refractivity contribution in [3.05, 3.63) is 54.0 Å². The van der Waals surface area contributed by atoms with E-state index in [1.54, 1.807) is 12.4 Å². The Morgan fingerprint density at radius 2 is 1.79 bits per heavy atom. The summed E-state index contributed by atoms with van der Waals surface area (Å²) in [5.41, 5.74) is 3.82. The number of phenols is 2. The van der Waals surface area contributed by atoms with Crippen LogP contribution in [0.1, 0.15) is 25.0 Å². The highest BCUT2D eigenvalue weighted by Crippen LogP contribution is 2.37. The molecule has 0 amide bonds. The van der Waals surface area contributed by atoms with Gasteiger partial charge in [-0.2, -0.15) is 0 Å². The van der Waals surface area contributed by atoms with Gasteiger partial charge in [0.05, 0.1) is 5.56 Å². The molecule has 6 nitrogen and oxygen atoms in total. The highest BCUT2D eigenvalue weighted by Gasteiger charge is 2.16. The Labute approximate surface area is 167 Å². The summed E-state index contributed by atoms with van der Waals surface area (Å²) >= 11 is 1.49. The summed E-state index contributed by atoms with van der Waals surface area (Å²) in [4.78, 5) is 1.06. The predicted octanol–water partition coefficient (Wildman–Crippen LogP) is 4.53. The van der Waals surface area contributed by atoms with Crippen LogP contribution in [0, 0.1) is 0 Å². The van der Waals surface area contributed by atoms with Crippen LogP contribution in [-0.4, -0.2) is 28.9 Å². The van der Waals surface area contributed by atoms with Gasteiger partial charge in [-0.1, -0.05) is 13.8 Å². The number of phenolic OH excluding ortho intramolecular Hbond substituents is 2. The van der Waals surface area contributed by atoms with Crippen molar-refractivity contribution in [2.24, 2.45) is 7.05 Å². The van der Waals surface area contributed by atoms with Crippen LogP contribution in [0.2, 0.25) is 0 Å². The number of hydrogen-bond acceptors (Lipinski definition) is 5. The van der Waals surface area contributed by atoms with Gasteiger partial charge in [0.25, 0.3) is 0 Å². The fourth-order valence-corrected chi connectivity index (χ4v) is 4.29. The van der Waals surface area contributed by atoms with Crippen molar-refractivity contribution in [1.29, 1.82) is 0 Å². The van der Waals surface area contributed by atoms with Gasteiger partial charge >= 0.3 is 0 Å². The zero-order valence-corrected chi connectivity index (χ0v) is 16.9. The van der Waals surface area contributed by atoms with Crippen molar-refractivity contribution in [1.82, 2.24) is 18.7 Å². The van der Waals surface area contributed by atoms with Crippen molar-refractivity contribution >= 4 is 22.9 Å². The molecule has 0 spiro atoms. The first-order valence-corrected chi connectivity index (χ1v) is 10.0. The van der Waals surface area contributed by atoms with E-state index < -0.39 is 0 Å². The zero-order valence-electron chi connectivity index (χ0n) is 16.0. The van der Waals surface area contributed by atoms with E-state index in [1.807, 2.05) is 10.9 Å². The molecule has 4 rings (SSSR count). The van der Waals surface area contributed by atoms with Crippen molar-refractivity contribution in [2.45, 2.75) is 31.6 Å². The van der Waals surface area contributed by atoms with Crippen LogP contribution < -0.4 is 0 Å². The molecule has 2 aromatic heterocycles. The van der Waals surface area contributed by atoms with Crippen molar-refractivity contribution < 1.29 is 10.2 Å². The fraction of sp³-hybridized carbons (Fsp3) is 0.238. The third kappa shape index (κ3) is 3.11. The number of fused-ring (bicyclic) bond motifs is 1. The Hall–Kier alpha value is -2.93. The predicted molar refractivity (Wildman–Crippen MR) is 112 cm³/mol. The molecule has 0 radical (unpaired) electrons. The SMILES string of the molecule is CCc1cc(-c2nncn2Sc2ccc3c(c2)c(CC)cn3C)c(O)cc1O. The molecule has 2 aromatic carbocycles. The lowest BCUT2D eigenvalue weighted by molar-refractivity contribution is 0.447. The Balaban J connectivity index is 1.74. The highest BCUT2D eigenvalue weighted by molar-refractivity contribution is 7.98. The Morgan fingerprint density at radius 3 is 2.54 bits per heavy atom.